The van der Waals surface area contributed by atoms with E-state index in [1.165, 1.54) is 22.7 Å². The van der Waals surface area contributed by atoms with Gasteiger partial charge >= 0.3 is 0 Å². The second-order valence-corrected chi connectivity index (χ2v) is 7.47. The molecule has 1 fully saturated rings. The van der Waals surface area contributed by atoms with E-state index in [1.54, 1.807) is 0 Å². The number of nitrogens with zero attached hydrogens (tertiary/aromatic N) is 1. The van der Waals surface area contributed by atoms with Gasteiger partial charge in [0.05, 0.1) is 0 Å². The van der Waals surface area contributed by atoms with Crippen LogP contribution in [-0.2, 0) is 12.0 Å². The van der Waals surface area contributed by atoms with E-state index in [0.717, 1.165) is 25.7 Å². The minimum atomic E-state index is 0.288. The molecule has 0 spiro atoms. The van der Waals surface area contributed by atoms with Crippen LogP contribution in [0.3, 0.4) is 0 Å². The van der Waals surface area contributed by atoms with Crippen molar-refractivity contribution in [3.63, 3.8) is 0 Å². The van der Waals surface area contributed by atoms with Crippen molar-refractivity contribution in [2.24, 2.45) is 0 Å². The number of thiophene rings is 1. The second-order valence-electron chi connectivity index (χ2n) is 6.30. The average Bonchev–Trinajstić information content (AvgIpc) is 2.63. The van der Waals surface area contributed by atoms with Crippen LogP contribution in [0.15, 0.2) is 12.1 Å². The predicted molar refractivity (Wildman–Crippen MR) is 80.4 cm³/mol. The summed E-state index contributed by atoms with van der Waals surface area (Å²) < 4.78 is 0. The molecule has 0 saturated carbocycles. The van der Waals surface area contributed by atoms with Crippen LogP contribution in [0.4, 0.5) is 0 Å². The Morgan fingerprint density at radius 3 is 2.50 bits per heavy atom. The van der Waals surface area contributed by atoms with Crippen molar-refractivity contribution in [2.45, 2.75) is 52.1 Å². The summed E-state index contributed by atoms with van der Waals surface area (Å²) in [5.41, 5.74) is 0.288. The SMILES string of the molecule is CCCN(Cc1ccc(C(C)(C)C)s1)C1CNC1. The topological polar surface area (TPSA) is 15.3 Å². The molecule has 0 aromatic carbocycles. The van der Waals surface area contributed by atoms with Gasteiger partial charge in [-0.05, 0) is 30.5 Å². The molecule has 1 saturated heterocycles. The smallest absolute Gasteiger partial charge is 0.0349 e. The van der Waals surface area contributed by atoms with Crippen LogP contribution in [-0.4, -0.2) is 30.6 Å². The van der Waals surface area contributed by atoms with Gasteiger partial charge in [-0.15, -0.1) is 11.3 Å². The van der Waals surface area contributed by atoms with E-state index >= 15 is 0 Å². The Kier molecular flexibility index (Phi) is 4.46. The summed E-state index contributed by atoms with van der Waals surface area (Å²) in [5.74, 6) is 0. The average molecular weight is 266 g/mol. The summed E-state index contributed by atoms with van der Waals surface area (Å²) >= 11 is 1.98. The summed E-state index contributed by atoms with van der Waals surface area (Å²) in [6.07, 6.45) is 1.24. The van der Waals surface area contributed by atoms with Crippen molar-refractivity contribution in [1.29, 1.82) is 0 Å². The van der Waals surface area contributed by atoms with Gasteiger partial charge in [0.25, 0.3) is 0 Å². The van der Waals surface area contributed by atoms with Gasteiger partial charge in [-0.2, -0.15) is 0 Å². The van der Waals surface area contributed by atoms with Gasteiger partial charge in [0, 0.05) is 35.4 Å². The maximum absolute atomic E-state index is 3.38. The number of rotatable bonds is 5. The Labute approximate surface area is 115 Å². The van der Waals surface area contributed by atoms with Crippen LogP contribution >= 0.6 is 11.3 Å². The van der Waals surface area contributed by atoms with Crippen molar-refractivity contribution in [2.75, 3.05) is 19.6 Å². The van der Waals surface area contributed by atoms with Gasteiger partial charge in [-0.3, -0.25) is 4.90 Å². The molecule has 2 nitrogen and oxygen atoms in total. The van der Waals surface area contributed by atoms with Gasteiger partial charge in [0.15, 0.2) is 0 Å². The minimum Gasteiger partial charge on any atom is -0.314 e. The lowest BCUT2D eigenvalue weighted by molar-refractivity contribution is 0.139. The van der Waals surface area contributed by atoms with Crippen LogP contribution in [0.2, 0.25) is 0 Å². The minimum absolute atomic E-state index is 0.288. The van der Waals surface area contributed by atoms with Crippen molar-refractivity contribution in [3.05, 3.63) is 21.9 Å². The van der Waals surface area contributed by atoms with Crippen molar-refractivity contribution in [3.8, 4) is 0 Å². The first-order valence-corrected chi connectivity index (χ1v) is 7.86. The van der Waals surface area contributed by atoms with Gasteiger partial charge in [0.2, 0.25) is 0 Å². The lowest BCUT2D eigenvalue weighted by atomic mass is 9.95. The number of nitrogens with one attached hydrogen (secondary N) is 1. The van der Waals surface area contributed by atoms with E-state index in [9.17, 15) is 0 Å². The fourth-order valence-electron chi connectivity index (χ4n) is 2.28. The molecule has 1 aromatic rings. The summed E-state index contributed by atoms with van der Waals surface area (Å²) in [5, 5.41) is 3.38. The van der Waals surface area contributed by atoms with Gasteiger partial charge in [-0.1, -0.05) is 27.7 Å². The van der Waals surface area contributed by atoms with E-state index in [1.807, 2.05) is 11.3 Å². The highest BCUT2D eigenvalue weighted by Crippen LogP contribution is 2.30. The maximum Gasteiger partial charge on any atom is 0.0349 e. The zero-order valence-electron chi connectivity index (χ0n) is 12.1. The molecule has 102 valence electrons. The highest BCUT2D eigenvalue weighted by molar-refractivity contribution is 7.12. The van der Waals surface area contributed by atoms with Gasteiger partial charge < -0.3 is 5.32 Å². The molecule has 1 aliphatic heterocycles. The molecule has 0 unspecified atom stereocenters. The van der Waals surface area contributed by atoms with Crippen LogP contribution in [0.1, 0.15) is 43.9 Å². The standard InChI is InChI=1S/C15H26N2S/c1-5-8-17(12-9-16-10-12)11-13-6-7-14(18-13)15(2,3)4/h6-7,12,16H,5,8-11H2,1-4H3. The highest BCUT2D eigenvalue weighted by atomic mass is 32.1. The van der Waals surface area contributed by atoms with E-state index in [4.69, 9.17) is 0 Å². The quantitative estimate of drug-likeness (QED) is 0.880. The van der Waals surface area contributed by atoms with Crippen LogP contribution < -0.4 is 5.32 Å². The van der Waals surface area contributed by atoms with Crippen molar-refractivity contribution in [1.82, 2.24) is 10.2 Å². The first kappa shape index (κ1) is 14.0. The normalized spacial score (nSPS) is 17.2. The molecule has 1 aliphatic rings. The zero-order valence-corrected chi connectivity index (χ0v) is 12.9. The Bertz CT molecular complexity index is 374. The lowest BCUT2D eigenvalue weighted by Gasteiger charge is -2.38. The molecule has 1 N–H and O–H groups in total. The van der Waals surface area contributed by atoms with Crippen molar-refractivity contribution < 1.29 is 0 Å². The third kappa shape index (κ3) is 3.34. The van der Waals surface area contributed by atoms with Crippen LogP contribution in [0.25, 0.3) is 0 Å². The fourth-order valence-corrected chi connectivity index (χ4v) is 3.37. The van der Waals surface area contributed by atoms with Gasteiger partial charge in [0.1, 0.15) is 0 Å². The van der Waals surface area contributed by atoms with E-state index in [2.05, 4.69) is 50.0 Å². The van der Waals surface area contributed by atoms with Crippen molar-refractivity contribution >= 4 is 11.3 Å². The number of hydrogen-bond acceptors (Lipinski definition) is 3. The molecule has 3 heteroatoms. The molecule has 2 rings (SSSR count). The summed E-state index contributed by atoms with van der Waals surface area (Å²) in [6.45, 7) is 13.8. The Balaban J connectivity index is 2.00. The molecule has 0 radical (unpaired) electrons. The Hall–Kier alpha value is -0.380. The highest BCUT2D eigenvalue weighted by Gasteiger charge is 2.24. The zero-order chi connectivity index (χ0) is 13.2. The summed E-state index contributed by atoms with van der Waals surface area (Å²) in [4.78, 5) is 5.65. The molecule has 18 heavy (non-hydrogen) atoms. The van der Waals surface area contributed by atoms with E-state index in [-0.39, 0.29) is 5.41 Å². The summed E-state index contributed by atoms with van der Waals surface area (Å²) in [6, 6.07) is 5.38. The first-order valence-electron chi connectivity index (χ1n) is 7.04. The third-order valence-electron chi connectivity index (χ3n) is 3.55. The molecule has 1 aromatic heterocycles. The Morgan fingerprint density at radius 1 is 1.33 bits per heavy atom. The van der Waals surface area contributed by atoms with Gasteiger partial charge in [-0.25, -0.2) is 0 Å². The molecular weight excluding hydrogens is 240 g/mol. The maximum atomic E-state index is 3.38. The fraction of sp³-hybridized carbons (Fsp3) is 0.733. The van der Waals surface area contributed by atoms with Crippen LogP contribution in [0.5, 0.6) is 0 Å². The molecule has 0 atom stereocenters. The molecule has 0 aliphatic carbocycles. The largest absolute Gasteiger partial charge is 0.314 e. The van der Waals surface area contributed by atoms with E-state index < -0.39 is 0 Å². The van der Waals surface area contributed by atoms with E-state index in [0.29, 0.717) is 0 Å². The Morgan fingerprint density at radius 2 is 2.06 bits per heavy atom. The number of hydrogen-bond donors (Lipinski definition) is 1. The molecule has 0 amide bonds. The molecule has 2 heterocycles. The first-order chi connectivity index (χ1) is 8.50. The van der Waals surface area contributed by atoms with Crippen LogP contribution in [0, 0.1) is 0 Å². The monoisotopic (exact) mass is 266 g/mol. The third-order valence-corrected chi connectivity index (χ3v) is 5.04. The lowest BCUT2D eigenvalue weighted by Crippen LogP contribution is -2.56. The predicted octanol–water partition coefficient (Wildman–Crippen LogP) is 3.23. The molecule has 0 bridgehead atoms. The second kappa shape index (κ2) is 5.72. The summed E-state index contributed by atoms with van der Waals surface area (Å²) in [7, 11) is 0. The molecular formula is C15H26N2S.